The molecule has 1 aromatic carbocycles. The highest BCUT2D eigenvalue weighted by Crippen LogP contribution is 2.38. The van der Waals surface area contributed by atoms with Crippen molar-refractivity contribution in [1.29, 1.82) is 0 Å². The van der Waals surface area contributed by atoms with Crippen LogP contribution in [0.5, 0.6) is 11.5 Å². The molecule has 104 valence electrons. The van der Waals surface area contributed by atoms with Gasteiger partial charge >= 0.3 is 0 Å². The lowest BCUT2D eigenvalue weighted by Gasteiger charge is -2.27. The minimum absolute atomic E-state index is 0.0639. The summed E-state index contributed by atoms with van der Waals surface area (Å²) in [5.74, 6) is 0.918. The van der Waals surface area contributed by atoms with Crippen LogP contribution in [0.3, 0.4) is 0 Å². The number of halogens is 1. The third kappa shape index (κ3) is 2.84. The number of methoxy groups -OCH3 is 2. The second kappa shape index (κ2) is 6.25. The van der Waals surface area contributed by atoms with Gasteiger partial charge in [-0.3, -0.25) is 4.79 Å². The van der Waals surface area contributed by atoms with E-state index in [2.05, 4.69) is 15.9 Å². The van der Waals surface area contributed by atoms with Gasteiger partial charge in [-0.05, 0) is 28.1 Å². The van der Waals surface area contributed by atoms with Crippen LogP contribution in [0.1, 0.15) is 10.4 Å². The number of hydrogen-bond donors (Lipinski definition) is 0. The van der Waals surface area contributed by atoms with Crippen molar-refractivity contribution in [1.82, 2.24) is 4.90 Å². The number of rotatable bonds is 3. The standard InChI is InChI=1S/C13H16BrNO4/c1-17-11-9(3-4-10(14)12(11)18-2)13(16)15-5-7-19-8-6-15/h3-4H,5-8H2,1-2H3. The van der Waals surface area contributed by atoms with Gasteiger partial charge in [-0.2, -0.15) is 0 Å². The summed E-state index contributed by atoms with van der Waals surface area (Å²) < 4.78 is 16.6. The van der Waals surface area contributed by atoms with Crippen LogP contribution in [0.15, 0.2) is 16.6 Å². The first kappa shape index (κ1) is 14.1. The number of ether oxygens (including phenoxy) is 3. The number of carbonyl (C=O) groups excluding carboxylic acids is 1. The van der Waals surface area contributed by atoms with E-state index in [-0.39, 0.29) is 5.91 Å². The molecule has 0 aromatic heterocycles. The van der Waals surface area contributed by atoms with Crippen LogP contribution in [0.2, 0.25) is 0 Å². The quantitative estimate of drug-likeness (QED) is 0.850. The number of benzene rings is 1. The van der Waals surface area contributed by atoms with E-state index in [0.717, 1.165) is 4.47 Å². The maximum absolute atomic E-state index is 12.5. The van der Waals surface area contributed by atoms with E-state index in [1.165, 1.54) is 7.11 Å². The summed E-state index contributed by atoms with van der Waals surface area (Å²) >= 11 is 3.38. The molecular weight excluding hydrogens is 314 g/mol. The summed E-state index contributed by atoms with van der Waals surface area (Å²) in [6.45, 7) is 2.34. The average molecular weight is 330 g/mol. The van der Waals surface area contributed by atoms with Crippen molar-refractivity contribution in [3.05, 3.63) is 22.2 Å². The largest absolute Gasteiger partial charge is 0.492 e. The molecule has 0 unspecified atom stereocenters. The first-order valence-corrected chi connectivity index (χ1v) is 6.75. The summed E-state index contributed by atoms with van der Waals surface area (Å²) in [6.07, 6.45) is 0. The van der Waals surface area contributed by atoms with Gasteiger partial charge in [0.15, 0.2) is 11.5 Å². The second-order valence-corrected chi connectivity index (χ2v) is 4.92. The normalized spacial score (nSPS) is 15.2. The molecule has 0 spiro atoms. The summed E-state index contributed by atoms with van der Waals surface area (Å²) in [5, 5.41) is 0. The molecule has 5 nitrogen and oxygen atoms in total. The number of amides is 1. The number of carbonyl (C=O) groups is 1. The number of hydrogen-bond acceptors (Lipinski definition) is 4. The Morgan fingerprint density at radius 2 is 1.84 bits per heavy atom. The van der Waals surface area contributed by atoms with Crippen LogP contribution in [0.4, 0.5) is 0 Å². The summed E-state index contributed by atoms with van der Waals surface area (Å²) in [7, 11) is 3.08. The van der Waals surface area contributed by atoms with Gasteiger partial charge in [-0.15, -0.1) is 0 Å². The Morgan fingerprint density at radius 3 is 2.42 bits per heavy atom. The highest BCUT2D eigenvalue weighted by molar-refractivity contribution is 9.10. The molecule has 1 heterocycles. The molecule has 1 aromatic rings. The lowest BCUT2D eigenvalue weighted by Crippen LogP contribution is -2.40. The molecule has 0 N–H and O–H groups in total. The SMILES string of the molecule is COc1c(Br)ccc(C(=O)N2CCOCC2)c1OC. The number of morpholine rings is 1. The van der Waals surface area contributed by atoms with Crippen molar-refractivity contribution in [2.45, 2.75) is 0 Å². The monoisotopic (exact) mass is 329 g/mol. The molecule has 0 radical (unpaired) electrons. The molecule has 0 saturated carbocycles. The van der Waals surface area contributed by atoms with E-state index in [1.54, 1.807) is 24.1 Å². The average Bonchev–Trinajstić information content (AvgIpc) is 2.47. The van der Waals surface area contributed by atoms with Gasteiger partial charge in [-0.1, -0.05) is 0 Å². The Labute approximate surface area is 120 Å². The third-order valence-corrected chi connectivity index (χ3v) is 3.63. The van der Waals surface area contributed by atoms with Crippen molar-refractivity contribution >= 4 is 21.8 Å². The molecule has 1 fully saturated rings. The van der Waals surface area contributed by atoms with Crippen LogP contribution in [0.25, 0.3) is 0 Å². The topological polar surface area (TPSA) is 48.0 Å². The second-order valence-electron chi connectivity index (χ2n) is 4.07. The zero-order valence-corrected chi connectivity index (χ0v) is 12.5. The van der Waals surface area contributed by atoms with Crippen molar-refractivity contribution in [2.24, 2.45) is 0 Å². The molecule has 1 aliphatic rings. The minimum atomic E-state index is -0.0639. The summed E-state index contributed by atoms with van der Waals surface area (Å²) in [6, 6.07) is 3.53. The smallest absolute Gasteiger partial charge is 0.257 e. The maximum atomic E-state index is 12.5. The lowest BCUT2D eigenvalue weighted by atomic mass is 10.1. The molecule has 19 heavy (non-hydrogen) atoms. The Morgan fingerprint density at radius 1 is 1.21 bits per heavy atom. The molecule has 1 amide bonds. The molecule has 0 aliphatic carbocycles. The molecule has 2 rings (SSSR count). The molecule has 6 heteroatoms. The highest BCUT2D eigenvalue weighted by atomic mass is 79.9. The van der Waals surface area contributed by atoms with Gasteiger partial charge in [0.25, 0.3) is 5.91 Å². The summed E-state index contributed by atoms with van der Waals surface area (Å²) in [5.41, 5.74) is 0.504. The van der Waals surface area contributed by atoms with Crippen LogP contribution in [-0.4, -0.2) is 51.3 Å². The highest BCUT2D eigenvalue weighted by Gasteiger charge is 2.24. The molecule has 1 aliphatic heterocycles. The third-order valence-electron chi connectivity index (χ3n) is 3.00. The zero-order valence-electron chi connectivity index (χ0n) is 10.9. The van der Waals surface area contributed by atoms with E-state index in [0.29, 0.717) is 43.4 Å². The van der Waals surface area contributed by atoms with Crippen LogP contribution in [-0.2, 0) is 4.74 Å². The van der Waals surface area contributed by atoms with E-state index in [9.17, 15) is 4.79 Å². The van der Waals surface area contributed by atoms with Gasteiger partial charge in [0, 0.05) is 13.1 Å². The van der Waals surface area contributed by atoms with Crippen molar-refractivity contribution in [2.75, 3.05) is 40.5 Å². The van der Waals surface area contributed by atoms with E-state index in [1.807, 2.05) is 0 Å². The van der Waals surface area contributed by atoms with Crippen LogP contribution in [0, 0.1) is 0 Å². The molecule has 0 bridgehead atoms. The van der Waals surface area contributed by atoms with Crippen LogP contribution >= 0.6 is 15.9 Å². The molecular formula is C13H16BrNO4. The Hall–Kier alpha value is -1.27. The fourth-order valence-electron chi connectivity index (χ4n) is 2.04. The maximum Gasteiger partial charge on any atom is 0.257 e. The Bertz CT molecular complexity index is 472. The Balaban J connectivity index is 2.35. The predicted octanol–water partition coefficient (Wildman–Crippen LogP) is 1.94. The van der Waals surface area contributed by atoms with Gasteiger partial charge in [0.1, 0.15) is 0 Å². The fraction of sp³-hybridized carbons (Fsp3) is 0.462. The van der Waals surface area contributed by atoms with Gasteiger partial charge in [0.2, 0.25) is 0 Å². The predicted molar refractivity (Wildman–Crippen MR) is 74.0 cm³/mol. The van der Waals surface area contributed by atoms with Gasteiger partial charge < -0.3 is 19.1 Å². The van der Waals surface area contributed by atoms with Gasteiger partial charge in [-0.25, -0.2) is 0 Å². The molecule has 0 atom stereocenters. The van der Waals surface area contributed by atoms with Gasteiger partial charge in [0.05, 0.1) is 37.5 Å². The zero-order chi connectivity index (χ0) is 13.8. The number of nitrogens with zero attached hydrogens (tertiary/aromatic N) is 1. The lowest BCUT2D eigenvalue weighted by molar-refractivity contribution is 0.0300. The van der Waals surface area contributed by atoms with E-state index in [4.69, 9.17) is 14.2 Å². The minimum Gasteiger partial charge on any atom is -0.492 e. The van der Waals surface area contributed by atoms with Crippen LogP contribution < -0.4 is 9.47 Å². The van der Waals surface area contributed by atoms with Crippen molar-refractivity contribution in [3.8, 4) is 11.5 Å². The van der Waals surface area contributed by atoms with E-state index >= 15 is 0 Å². The summed E-state index contributed by atoms with van der Waals surface area (Å²) in [4.78, 5) is 14.2. The first-order valence-electron chi connectivity index (χ1n) is 5.96. The molecule has 1 saturated heterocycles. The Kier molecular flexibility index (Phi) is 4.66. The van der Waals surface area contributed by atoms with E-state index < -0.39 is 0 Å². The van der Waals surface area contributed by atoms with Crippen molar-refractivity contribution < 1.29 is 19.0 Å². The fourth-order valence-corrected chi connectivity index (χ4v) is 2.51. The van der Waals surface area contributed by atoms with Crippen molar-refractivity contribution in [3.63, 3.8) is 0 Å². The first-order chi connectivity index (χ1) is 9.19.